The average molecular weight is 390 g/mol. The van der Waals surface area contributed by atoms with Gasteiger partial charge < -0.3 is 9.47 Å². The first-order chi connectivity index (χ1) is 12.8. The molecule has 27 heavy (non-hydrogen) atoms. The molecule has 1 aliphatic heterocycles. The summed E-state index contributed by atoms with van der Waals surface area (Å²) in [5.74, 6) is 0.624. The molecule has 1 unspecified atom stereocenters. The fraction of sp³-hybridized carbons (Fsp3) is 0.316. The molecule has 3 rings (SSSR count). The summed E-state index contributed by atoms with van der Waals surface area (Å²) in [5, 5.41) is 0. The molecule has 0 bridgehead atoms. The Morgan fingerprint density at radius 2 is 2.00 bits per heavy atom. The molecule has 1 fully saturated rings. The molecule has 1 amide bonds. The largest absolute Gasteiger partial charge is 0.497 e. The molecule has 1 N–H and O–H groups in total. The zero-order valence-electron chi connectivity index (χ0n) is 15.4. The fourth-order valence-electron chi connectivity index (χ4n) is 3.00. The molecule has 7 nitrogen and oxygen atoms in total. The van der Waals surface area contributed by atoms with Crippen LogP contribution in [0.5, 0.6) is 5.75 Å². The van der Waals surface area contributed by atoms with Gasteiger partial charge in [-0.2, -0.15) is 0 Å². The Kier molecular flexibility index (Phi) is 5.38. The normalized spacial score (nSPS) is 17.1. The number of carbonyl (C=O) groups excluding carboxylic acids is 1. The molecular formula is C19H22N2O5S. The molecule has 2 aromatic carbocycles. The maximum atomic E-state index is 12.6. The number of hydrogen-bond acceptors (Lipinski definition) is 5. The number of sulfonamides is 1. The first-order valence-electron chi connectivity index (χ1n) is 8.49. The van der Waals surface area contributed by atoms with Crippen molar-refractivity contribution in [2.75, 3.05) is 25.1 Å². The molecule has 2 aromatic rings. The smallest absolute Gasteiger partial charge is 0.414 e. The summed E-state index contributed by atoms with van der Waals surface area (Å²) in [5.41, 5.74) is 2.30. The molecule has 0 aliphatic carbocycles. The summed E-state index contributed by atoms with van der Waals surface area (Å²) in [6.07, 6.45) is -1.09. The molecule has 0 aromatic heterocycles. The van der Waals surface area contributed by atoms with Crippen LogP contribution in [0, 0.1) is 13.8 Å². The number of amides is 1. The van der Waals surface area contributed by atoms with E-state index in [1.807, 2.05) is 13.0 Å². The minimum atomic E-state index is -3.69. The standard InChI is InChI=1S/C19H22N2O5S/c1-13-7-8-18(14(2)9-13)27(23,24)20-11-17-12-21(19(22)26-17)15-5-4-6-16(10-15)25-3/h4-10,17,20H,11-12H2,1-3H3. The van der Waals surface area contributed by atoms with Gasteiger partial charge in [-0.3, -0.25) is 4.90 Å². The van der Waals surface area contributed by atoms with E-state index in [1.54, 1.807) is 50.4 Å². The number of carbonyl (C=O) groups is 1. The molecule has 1 atom stereocenters. The van der Waals surface area contributed by atoms with Crippen LogP contribution in [0.25, 0.3) is 0 Å². The molecule has 0 radical (unpaired) electrons. The second kappa shape index (κ2) is 7.58. The maximum absolute atomic E-state index is 12.6. The number of cyclic esters (lactones) is 1. The third-order valence-electron chi connectivity index (χ3n) is 4.36. The summed E-state index contributed by atoms with van der Waals surface area (Å²) in [4.78, 5) is 13.8. The van der Waals surface area contributed by atoms with Crippen LogP contribution < -0.4 is 14.4 Å². The van der Waals surface area contributed by atoms with Crippen molar-refractivity contribution in [2.24, 2.45) is 0 Å². The van der Waals surface area contributed by atoms with Crippen LogP contribution in [0.2, 0.25) is 0 Å². The van der Waals surface area contributed by atoms with E-state index in [0.717, 1.165) is 5.56 Å². The summed E-state index contributed by atoms with van der Waals surface area (Å²) in [6, 6.07) is 12.2. The maximum Gasteiger partial charge on any atom is 0.414 e. The second-order valence-electron chi connectivity index (χ2n) is 6.44. The van der Waals surface area contributed by atoms with Crippen molar-refractivity contribution in [1.29, 1.82) is 0 Å². The molecule has 1 aliphatic rings. The first-order valence-corrected chi connectivity index (χ1v) is 9.97. The number of anilines is 1. The molecule has 1 heterocycles. The van der Waals surface area contributed by atoms with Crippen molar-refractivity contribution in [2.45, 2.75) is 24.8 Å². The average Bonchev–Trinajstić information content (AvgIpc) is 3.00. The lowest BCUT2D eigenvalue weighted by atomic mass is 10.2. The Bertz CT molecular complexity index is 958. The van der Waals surface area contributed by atoms with E-state index in [2.05, 4.69) is 4.72 Å². The Morgan fingerprint density at radius 3 is 2.70 bits per heavy atom. The Labute approximate surface area is 158 Å². The van der Waals surface area contributed by atoms with Crippen LogP contribution in [0.3, 0.4) is 0 Å². The lowest BCUT2D eigenvalue weighted by Crippen LogP contribution is -2.35. The highest BCUT2D eigenvalue weighted by Gasteiger charge is 2.33. The number of nitrogens with zero attached hydrogens (tertiary/aromatic N) is 1. The van der Waals surface area contributed by atoms with Gasteiger partial charge in [-0.15, -0.1) is 0 Å². The van der Waals surface area contributed by atoms with Crippen LogP contribution in [0.4, 0.5) is 10.5 Å². The SMILES string of the molecule is COc1cccc(N2CC(CNS(=O)(=O)c3ccc(C)cc3C)OC2=O)c1. The van der Waals surface area contributed by atoms with Gasteiger partial charge >= 0.3 is 6.09 Å². The zero-order chi connectivity index (χ0) is 19.6. The van der Waals surface area contributed by atoms with E-state index in [-0.39, 0.29) is 18.0 Å². The van der Waals surface area contributed by atoms with Gasteiger partial charge in [0.15, 0.2) is 0 Å². The van der Waals surface area contributed by atoms with Crippen LogP contribution >= 0.6 is 0 Å². The van der Waals surface area contributed by atoms with Gasteiger partial charge in [0, 0.05) is 12.6 Å². The van der Waals surface area contributed by atoms with Crippen molar-refractivity contribution < 1.29 is 22.7 Å². The van der Waals surface area contributed by atoms with Crippen molar-refractivity contribution in [3.63, 3.8) is 0 Å². The van der Waals surface area contributed by atoms with Gasteiger partial charge in [0.1, 0.15) is 11.9 Å². The second-order valence-corrected chi connectivity index (χ2v) is 8.17. The highest BCUT2D eigenvalue weighted by molar-refractivity contribution is 7.89. The predicted molar refractivity (Wildman–Crippen MR) is 102 cm³/mol. The number of aryl methyl sites for hydroxylation is 2. The van der Waals surface area contributed by atoms with Crippen LogP contribution in [0.1, 0.15) is 11.1 Å². The third-order valence-corrected chi connectivity index (χ3v) is 5.94. The van der Waals surface area contributed by atoms with E-state index >= 15 is 0 Å². The Balaban J connectivity index is 1.67. The van der Waals surface area contributed by atoms with Crippen LogP contribution in [0.15, 0.2) is 47.4 Å². The van der Waals surface area contributed by atoms with Crippen molar-refractivity contribution >= 4 is 21.8 Å². The first kappa shape index (κ1) is 19.2. The van der Waals surface area contributed by atoms with E-state index in [9.17, 15) is 13.2 Å². The van der Waals surface area contributed by atoms with E-state index in [0.29, 0.717) is 17.0 Å². The topological polar surface area (TPSA) is 84.9 Å². The summed E-state index contributed by atoms with van der Waals surface area (Å²) in [7, 11) is -2.14. The quantitative estimate of drug-likeness (QED) is 0.820. The van der Waals surface area contributed by atoms with Crippen molar-refractivity contribution in [1.82, 2.24) is 4.72 Å². The molecule has 8 heteroatoms. The van der Waals surface area contributed by atoms with E-state index in [1.165, 1.54) is 4.90 Å². The number of rotatable bonds is 6. The van der Waals surface area contributed by atoms with Gasteiger partial charge in [0.25, 0.3) is 0 Å². The number of ether oxygens (including phenoxy) is 2. The van der Waals surface area contributed by atoms with E-state index < -0.39 is 22.2 Å². The van der Waals surface area contributed by atoms with Gasteiger partial charge in [-0.25, -0.2) is 17.9 Å². The van der Waals surface area contributed by atoms with Crippen molar-refractivity contribution in [3.05, 3.63) is 53.6 Å². The Morgan fingerprint density at radius 1 is 1.22 bits per heavy atom. The molecule has 0 spiro atoms. The summed E-state index contributed by atoms with van der Waals surface area (Å²) >= 11 is 0. The van der Waals surface area contributed by atoms with E-state index in [4.69, 9.17) is 9.47 Å². The molecule has 144 valence electrons. The van der Waals surface area contributed by atoms with Crippen molar-refractivity contribution in [3.8, 4) is 5.75 Å². The van der Waals surface area contributed by atoms with Gasteiger partial charge in [0.05, 0.1) is 24.2 Å². The Hall–Kier alpha value is -2.58. The predicted octanol–water partition coefficient (Wildman–Crippen LogP) is 2.62. The zero-order valence-corrected chi connectivity index (χ0v) is 16.2. The highest BCUT2D eigenvalue weighted by Crippen LogP contribution is 2.25. The molecule has 1 saturated heterocycles. The number of nitrogens with one attached hydrogen (secondary N) is 1. The lowest BCUT2D eigenvalue weighted by Gasteiger charge is -2.14. The third kappa shape index (κ3) is 4.23. The fourth-order valence-corrected chi connectivity index (χ4v) is 4.29. The minimum Gasteiger partial charge on any atom is -0.497 e. The van der Waals surface area contributed by atoms with Gasteiger partial charge in [-0.1, -0.05) is 23.8 Å². The lowest BCUT2D eigenvalue weighted by molar-refractivity contribution is 0.143. The summed E-state index contributed by atoms with van der Waals surface area (Å²) in [6.45, 7) is 3.91. The number of methoxy groups -OCH3 is 1. The van der Waals surface area contributed by atoms with Crippen LogP contribution in [-0.4, -0.2) is 40.8 Å². The molecular weight excluding hydrogens is 368 g/mol. The minimum absolute atomic E-state index is 0.00184. The van der Waals surface area contributed by atoms with Gasteiger partial charge in [0.2, 0.25) is 10.0 Å². The number of benzene rings is 2. The summed E-state index contributed by atoms with van der Waals surface area (Å²) < 4.78 is 38.1. The molecule has 0 saturated carbocycles. The highest BCUT2D eigenvalue weighted by atomic mass is 32.2. The number of hydrogen-bond donors (Lipinski definition) is 1. The van der Waals surface area contributed by atoms with Crippen LogP contribution in [-0.2, 0) is 14.8 Å². The van der Waals surface area contributed by atoms with Gasteiger partial charge in [-0.05, 0) is 37.6 Å². The monoisotopic (exact) mass is 390 g/mol.